The van der Waals surface area contributed by atoms with E-state index < -0.39 is 0 Å². The van der Waals surface area contributed by atoms with Crippen LogP contribution in [0.1, 0.15) is 5.56 Å². The van der Waals surface area contributed by atoms with Crippen LogP contribution in [-0.2, 0) is 0 Å². The van der Waals surface area contributed by atoms with Crippen molar-refractivity contribution in [2.75, 3.05) is 12.5 Å². The van der Waals surface area contributed by atoms with Crippen molar-refractivity contribution in [3.8, 4) is 28.3 Å². The Balaban J connectivity index is 1.54. The number of aromatic nitrogens is 2. The topological polar surface area (TPSA) is 84.1 Å². The van der Waals surface area contributed by atoms with Gasteiger partial charge in [0.2, 0.25) is 5.84 Å². The minimum atomic E-state index is 0.232. The Morgan fingerprint density at radius 2 is 1.32 bits per heavy atom. The first-order valence-electron chi connectivity index (χ1n) is 11.8. The number of rotatable bonds is 7. The zero-order valence-electron chi connectivity index (χ0n) is 20.5. The van der Waals surface area contributed by atoms with Gasteiger partial charge in [0.15, 0.2) is 0 Å². The van der Waals surface area contributed by atoms with Crippen LogP contribution in [-0.4, -0.2) is 22.9 Å². The predicted molar refractivity (Wildman–Crippen MR) is 155 cm³/mol. The second-order valence-electron chi connectivity index (χ2n) is 8.15. The number of methoxy groups -OCH3 is 1. The minimum absolute atomic E-state index is 0.232. The molecule has 0 fully saturated rings. The fourth-order valence-electron chi connectivity index (χ4n) is 3.61. The first-order chi connectivity index (χ1) is 18.7. The molecule has 4 aromatic carbocycles. The lowest BCUT2D eigenvalue weighted by Crippen LogP contribution is -2.01. The lowest BCUT2D eigenvalue weighted by Gasteiger charge is -2.07. The summed E-state index contributed by atoms with van der Waals surface area (Å²) in [7, 11) is 1.63. The van der Waals surface area contributed by atoms with Gasteiger partial charge in [-0.15, -0.1) is 10.2 Å². The van der Waals surface area contributed by atoms with Crippen LogP contribution in [0.4, 0.5) is 11.6 Å². The van der Waals surface area contributed by atoms with Crippen LogP contribution in [0.5, 0.6) is 5.75 Å². The monoisotopic (exact) mass is 562 g/mol. The maximum atomic E-state index is 5.30. The number of hydrogen-bond donors (Lipinski definition) is 1. The van der Waals surface area contributed by atoms with E-state index in [0.717, 1.165) is 44.0 Å². The van der Waals surface area contributed by atoms with Crippen LogP contribution < -0.4 is 10.2 Å². The summed E-state index contributed by atoms with van der Waals surface area (Å²) in [5, 5.41) is 13.4. The van der Waals surface area contributed by atoms with E-state index in [4.69, 9.17) is 4.74 Å². The molecule has 0 aliphatic heterocycles. The molecular weight excluding hydrogens is 540 g/mol. The molecule has 1 heterocycles. The number of azo groups is 1. The molecule has 1 aromatic heterocycles. The van der Waals surface area contributed by atoms with Gasteiger partial charge in [-0.1, -0.05) is 76.6 Å². The van der Waals surface area contributed by atoms with E-state index in [-0.39, 0.29) is 5.95 Å². The highest BCUT2D eigenvalue weighted by molar-refractivity contribution is 9.10. The summed E-state index contributed by atoms with van der Waals surface area (Å²) in [6.07, 6.45) is 0. The van der Waals surface area contributed by atoms with Crippen molar-refractivity contribution in [3.63, 3.8) is 0 Å². The van der Waals surface area contributed by atoms with Gasteiger partial charge in [0.1, 0.15) is 5.75 Å². The van der Waals surface area contributed by atoms with Gasteiger partial charge >= 0.3 is 0 Å². The summed E-state index contributed by atoms with van der Waals surface area (Å²) in [5.74, 6) is 1.33. The fourth-order valence-corrected chi connectivity index (χ4v) is 3.88. The van der Waals surface area contributed by atoms with E-state index >= 15 is 0 Å². The number of hydrazone groups is 1. The van der Waals surface area contributed by atoms with E-state index in [1.54, 1.807) is 7.11 Å². The molecular formula is C30H23BrN6O. The van der Waals surface area contributed by atoms with Crippen molar-refractivity contribution in [2.45, 2.75) is 0 Å². The Kier molecular flexibility index (Phi) is 7.91. The molecule has 0 unspecified atom stereocenters. The summed E-state index contributed by atoms with van der Waals surface area (Å²) in [6.45, 7) is 0. The number of ether oxygens (including phenoxy) is 1. The SMILES string of the molecule is COc1ccc(/C(N=Nc2nc(-c3ccccc3)cc(-c3ccccc3)n2)=N/Nc2ccc(Br)cc2)cc1. The highest BCUT2D eigenvalue weighted by atomic mass is 79.9. The van der Waals surface area contributed by atoms with Crippen LogP contribution in [0.25, 0.3) is 22.5 Å². The largest absolute Gasteiger partial charge is 0.497 e. The summed E-state index contributed by atoms with van der Waals surface area (Å²) in [5.41, 5.74) is 8.04. The Hall–Kier alpha value is -4.69. The molecule has 0 aliphatic carbocycles. The van der Waals surface area contributed by atoms with Crippen molar-refractivity contribution in [1.82, 2.24) is 9.97 Å². The highest BCUT2D eigenvalue weighted by Gasteiger charge is 2.10. The standard InChI is InChI=1S/C30H23BrN6O/c1-38-26-18-12-23(13-19-26)29(35-34-25-16-14-24(31)15-17-25)36-37-30-32-27(21-8-4-2-5-9-21)20-28(33-30)22-10-6-3-7-11-22/h2-20,34H,1H3/b35-29-,37-36?. The van der Waals surface area contributed by atoms with Gasteiger partial charge in [-0.2, -0.15) is 5.10 Å². The Morgan fingerprint density at radius 1 is 0.737 bits per heavy atom. The molecule has 0 bridgehead atoms. The van der Waals surface area contributed by atoms with E-state index in [1.807, 2.05) is 115 Å². The van der Waals surface area contributed by atoms with Crippen LogP contribution in [0.15, 0.2) is 135 Å². The van der Waals surface area contributed by atoms with Crippen molar-refractivity contribution in [2.24, 2.45) is 15.3 Å². The smallest absolute Gasteiger partial charge is 0.270 e. The third-order valence-electron chi connectivity index (χ3n) is 5.57. The van der Waals surface area contributed by atoms with E-state index in [9.17, 15) is 0 Å². The molecule has 0 amide bonds. The van der Waals surface area contributed by atoms with E-state index in [1.165, 1.54) is 0 Å². The number of amidine groups is 1. The molecule has 5 aromatic rings. The van der Waals surface area contributed by atoms with Crippen molar-refractivity contribution < 1.29 is 4.74 Å². The number of nitrogens with one attached hydrogen (secondary N) is 1. The maximum Gasteiger partial charge on any atom is 0.270 e. The van der Waals surface area contributed by atoms with Crippen molar-refractivity contribution >= 4 is 33.4 Å². The zero-order chi connectivity index (χ0) is 26.2. The summed E-state index contributed by atoms with van der Waals surface area (Å²) >= 11 is 3.45. The third kappa shape index (κ3) is 6.35. The van der Waals surface area contributed by atoms with Crippen LogP contribution in [0, 0.1) is 0 Å². The predicted octanol–water partition coefficient (Wildman–Crippen LogP) is 8.14. The summed E-state index contributed by atoms with van der Waals surface area (Å²) < 4.78 is 6.27. The van der Waals surface area contributed by atoms with Gasteiger partial charge < -0.3 is 4.74 Å². The van der Waals surface area contributed by atoms with Gasteiger partial charge in [-0.3, -0.25) is 5.43 Å². The summed E-state index contributed by atoms with van der Waals surface area (Å²) in [6, 6.07) is 36.9. The van der Waals surface area contributed by atoms with Crippen LogP contribution >= 0.6 is 15.9 Å². The highest BCUT2D eigenvalue weighted by Crippen LogP contribution is 2.26. The van der Waals surface area contributed by atoms with E-state index in [0.29, 0.717) is 5.84 Å². The Morgan fingerprint density at radius 3 is 1.87 bits per heavy atom. The third-order valence-corrected chi connectivity index (χ3v) is 6.10. The van der Waals surface area contributed by atoms with Crippen molar-refractivity contribution in [3.05, 3.63) is 125 Å². The minimum Gasteiger partial charge on any atom is -0.497 e. The molecule has 8 heteroatoms. The molecule has 7 nitrogen and oxygen atoms in total. The molecule has 186 valence electrons. The first kappa shape index (κ1) is 25.0. The molecule has 1 N–H and O–H groups in total. The van der Waals surface area contributed by atoms with Gasteiger partial charge in [0.05, 0.1) is 24.2 Å². The maximum absolute atomic E-state index is 5.30. The lowest BCUT2D eigenvalue weighted by molar-refractivity contribution is 0.415. The average molecular weight is 563 g/mol. The molecule has 0 radical (unpaired) electrons. The van der Waals surface area contributed by atoms with Gasteiger partial charge in [0, 0.05) is 21.2 Å². The van der Waals surface area contributed by atoms with Crippen molar-refractivity contribution in [1.29, 1.82) is 0 Å². The molecule has 0 spiro atoms. The van der Waals surface area contributed by atoms with Gasteiger partial charge in [-0.05, 0) is 54.6 Å². The number of benzene rings is 4. The molecule has 0 saturated carbocycles. The number of halogens is 1. The van der Waals surface area contributed by atoms with Crippen LogP contribution in [0.2, 0.25) is 0 Å². The Bertz CT molecular complexity index is 1500. The quantitative estimate of drug-likeness (QED) is 0.0938. The zero-order valence-corrected chi connectivity index (χ0v) is 22.1. The second kappa shape index (κ2) is 12.0. The van der Waals surface area contributed by atoms with E-state index in [2.05, 4.69) is 46.7 Å². The van der Waals surface area contributed by atoms with Crippen LogP contribution in [0.3, 0.4) is 0 Å². The number of hydrogen-bond acceptors (Lipinski definition) is 6. The second-order valence-corrected chi connectivity index (χ2v) is 9.07. The normalized spacial score (nSPS) is 11.5. The van der Waals surface area contributed by atoms with Gasteiger partial charge in [-0.25, -0.2) is 9.97 Å². The number of nitrogens with zero attached hydrogens (tertiary/aromatic N) is 5. The molecule has 5 rings (SSSR count). The Labute approximate surface area is 229 Å². The number of anilines is 1. The molecule has 38 heavy (non-hydrogen) atoms. The first-order valence-corrected chi connectivity index (χ1v) is 12.6. The van der Waals surface area contributed by atoms with Gasteiger partial charge in [0.25, 0.3) is 5.95 Å². The fraction of sp³-hybridized carbons (Fsp3) is 0.0333. The lowest BCUT2D eigenvalue weighted by atomic mass is 10.1. The summed E-state index contributed by atoms with van der Waals surface area (Å²) in [4.78, 5) is 9.36. The molecule has 0 saturated heterocycles. The molecule has 0 aliphatic rings. The molecule has 0 atom stereocenters. The average Bonchev–Trinajstić information content (AvgIpc) is 2.99.